The molecule has 1 unspecified atom stereocenters. The smallest absolute Gasteiger partial charge is 0.313 e. The van der Waals surface area contributed by atoms with Crippen LogP contribution in [0.5, 0.6) is 0 Å². The van der Waals surface area contributed by atoms with Crippen LogP contribution in [0.4, 0.5) is 5.69 Å². The summed E-state index contributed by atoms with van der Waals surface area (Å²) < 4.78 is 5.12. The summed E-state index contributed by atoms with van der Waals surface area (Å²) in [6.07, 6.45) is 1.43. The second kappa shape index (κ2) is 7.31. The van der Waals surface area contributed by atoms with Crippen LogP contribution in [0.15, 0.2) is 47.1 Å². The number of benzene rings is 1. The Bertz CT molecular complexity index is 688. The summed E-state index contributed by atoms with van der Waals surface area (Å²) in [6, 6.07) is 10.5. The number of hydrogen-bond donors (Lipinski definition) is 3. The number of carbonyl (C=O) groups excluding carboxylic acids is 2. The number of aliphatic hydroxyl groups is 1. The Morgan fingerprint density at radius 2 is 1.83 bits per heavy atom. The highest BCUT2D eigenvalue weighted by molar-refractivity contribution is 6.39. The number of rotatable bonds is 5. The number of carbonyl (C=O) groups is 2. The first-order chi connectivity index (χ1) is 11.3. The van der Waals surface area contributed by atoms with Gasteiger partial charge in [0.25, 0.3) is 0 Å². The largest absolute Gasteiger partial charge is 0.466 e. The lowest BCUT2D eigenvalue weighted by molar-refractivity contribution is -0.136. The van der Waals surface area contributed by atoms with Gasteiger partial charge in [-0.25, -0.2) is 0 Å². The van der Waals surface area contributed by atoms with Gasteiger partial charge in [-0.1, -0.05) is 26.0 Å². The molecule has 2 rings (SSSR count). The van der Waals surface area contributed by atoms with Crippen LogP contribution in [0.3, 0.4) is 0 Å². The molecule has 0 aliphatic rings. The lowest BCUT2D eigenvalue weighted by Gasteiger charge is -2.20. The maximum absolute atomic E-state index is 11.9. The summed E-state index contributed by atoms with van der Waals surface area (Å²) in [7, 11) is 0. The molecule has 24 heavy (non-hydrogen) atoms. The molecule has 2 amide bonds. The van der Waals surface area contributed by atoms with Gasteiger partial charge in [0.05, 0.1) is 12.8 Å². The molecular formula is C18H22N2O4. The SMILES string of the molecule is CC(C)c1ccc(NC(=O)C(=O)NCC(C)(O)c2ccco2)cc1. The predicted octanol–water partition coefficient (Wildman–Crippen LogP) is 2.37. The van der Waals surface area contributed by atoms with Gasteiger partial charge < -0.3 is 20.2 Å². The van der Waals surface area contributed by atoms with E-state index < -0.39 is 17.4 Å². The van der Waals surface area contributed by atoms with Gasteiger partial charge in [-0.2, -0.15) is 0 Å². The standard InChI is InChI=1S/C18H22N2O4/c1-12(2)13-6-8-14(9-7-13)20-17(22)16(21)19-11-18(3,23)15-5-4-10-24-15/h4-10,12,23H,11H2,1-3H3,(H,19,21)(H,20,22). The van der Waals surface area contributed by atoms with Crippen molar-refractivity contribution in [2.75, 3.05) is 11.9 Å². The van der Waals surface area contributed by atoms with Crippen LogP contribution < -0.4 is 10.6 Å². The fraction of sp³-hybridized carbons (Fsp3) is 0.333. The molecule has 6 nitrogen and oxygen atoms in total. The number of anilines is 1. The summed E-state index contributed by atoms with van der Waals surface area (Å²) in [6.45, 7) is 5.51. The van der Waals surface area contributed by atoms with Gasteiger partial charge in [-0.15, -0.1) is 0 Å². The Labute approximate surface area is 140 Å². The highest BCUT2D eigenvalue weighted by atomic mass is 16.4. The van der Waals surface area contributed by atoms with Crippen molar-refractivity contribution in [1.29, 1.82) is 0 Å². The zero-order chi connectivity index (χ0) is 17.7. The summed E-state index contributed by atoms with van der Waals surface area (Å²) in [5, 5.41) is 15.2. The minimum atomic E-state index is -1.39. The number of nitrogens with one attached hydrogen (secondary N) is 2. The van der Waals surface area contributed by atoms with E-state index in [0.717, 1.165) is 5.56 Å². The average molecular weight is 330 g/mol. The van der Waals surface area contributed by atoms with Crippen LogP contribution in [0.1, 0.15) is 38.0 Å². The van der Waals surface area contributed by atoms with E-state index in [-0.39, 0.29) is 6.54 Å². The van der Waals surface area contributed by atoms with Gasteiger partial charge in [0.2, 0.25) is 0 Å². The summed E-state index contributed by atoms with van der Waals surface area (Å²) in [5.74, 6) is -0.910. The molecule has 1 heterocycles. The Balaban J connectivity index is 1.89. The van der Waals surface area contributed by atoms with Crippen molar-refractivity contribution in [3.8, 4) is 0 Å². The van der Waals surface area contributed by atoms with Crippen molar-refractivity contribution >= 4 is 17.5 Å². The second-order valence-electron chi connectivity index (χ2n) is 6.16. The first-order valence-electron chi connectivity index (χ1n) is 7.75. The Morgan fingerprint density at radius 1 is 1.17 bits per heavy atom. The average Bonchev–Trinajstić information content (AvgIpc) is 3.08. The maximum atomic E-state index is 11.9. The second-order valence-corrected chi connectivity index (χ2v) is 6.16. The first-order valence-corrected chi connectivity index (χ1v) is 7.75. The lowest BCUT2D eigenvalue weighted by Crippen LogP contribution is -2.43. The summed E-state index contributed by atoms with van der Waals surface area (Å²) in [5.41, 5.74) is 0.294. The Hall–Kier alpha value is -2.60. The molecule has 0 aliphatic carbocycles. The van der Waals surface area contributed by atoms with Gasteiger partial charge >= 0.3 is 11.8 Å². The van der Waals surface area contributed by atoms with Gasteiger partial charge in [0, 0.05) is 5.69 Å². The molecule has 0 spiro atoms. The normalized spacial score (nSPS) is 13.4. The van der Waals surface area contributed by atoms with Crippen LogP contribution in [0.2, 0.25) is 0 Å². The Kier molecular flexibility index (Phi) is 5.41. The van der Waals surface area contributed by atoms with Gasteiger partial charge in [0.15, 0.2) is 0 Å². The highest BCUT2D eigenvalue weighted by Crippen LogP contribution is 2.20. The molecule has 0 aliphatic heterocycles. The van der Waals surface area contributed by atoms with Crippen molar-refractivity contribution in [3.63, 3.8) is 0 Å². The van der Waals surface area contributed by atoms with Crippen molar-refractivity contribution in [2.45, 2.75) is 32.3 Å². The minimum absolute atomic E-state index is 0.140. The quantitative estimate of drug-likeness (QED) is 0.734. The van der Waals surface area contributed by atoms with E-state index in [1.54, 1.807) is 24.3 Å². The van der Waals surface area contributed by atoms with Crippen molar-refractivity contribution in [3.05, 3.63) is 54.0 Å². The van der Waals surface area contributed by atoms with E-state index >= 15 is 0 Å². The molecule has 1 atom stereocenters. The lowest BCUT2D eigenvalue weighted by atomic mass is 10.0. The molecule has 0 radical (unpaired) electrons. The zero-order valence-corrected chi connectivity index (χ0v) is 14.0. The van der Waals surface area contributed by atoms with Gasteiger partial charge in [-0.05, 0) is 42.7 Å². The molecule has 6 heteroatoms. The van der Waals surface area contributed by atoms with E-state index in [4.69, 9.17) is 4.42 Å². The van der Waals surface area contributed by atoms with E-state index in [0.29, 0.717) is 17.4 Å². The number of amides is 2. The molecule has 3 N–H and O–H groups in total. The molecule has 1 aromatic heterocycles. The maximum Gasteiger partial charge on any atom is 0.313 e. The molecule has 2 aromatic rings. The van der Waals surface area contributed by atoms with Crippen molar-refractivity contribution < 1.29 is 19.1 Å². The molecule has 1 aromatic carbocycles. The third-order valence-corrected chi connectivity index (χ3v) is 3.69. The third kappa shape index (κ3) is 4.45. The zero-order valence-electron chi connectivity index (χ0n) is 14.0. The molecule has 0 saturated heterocycles. The Morgan fingerprint density at radius 3 is 2.38 bits per heavy atom. The number of furan rings is 1. The molecule has 0 saturated carbocycles. The van der Waals surface area contributed by atoms with Gasteiger partial charge in [0.1, 0.15) is 11.4 Å². The van der Waals surface area contributed by atoms with Crippen LogP contribution in [-0.2, 0) is 15.2 Å². The first kappa shape index (κ1) is 17.7. The monoisotopic (exact) mass is 330 g/mol. The fourth-order valence-corrected chi connectivity index (χ4v) is 2.14. The summed E-state index contributed by atoms with van der Waals surface area (Å²) in [4.78, 5) is 23.8. The van der Waals surface area contributed by atoms with Crippen LogP contribution >= 0.6 is 0 Å². The van der Waals surface area contributed by atoms with Crippen molar-refractivity contribution in [2.24, 2.45) is 0 Å². The van der Waals surface area contributed by atoms with Crippen LogP contribution in [-0.4, -0.2) is 23.5 Å². The molecule has 128 valence electrons. The van der Waals surface area contributed by atoms with E-state index in [1.807, 2.05) is 12.1 Å². The third-order valence-electron chi connectivity index (χ3n) is 3.69. The van der Waals surface area contributed by atoms with E-state index in [9.17, 15) is 14.7 Å². The minimum Gasteiger partial charge on any atom is -0.466 e. The number of hydrogen-bond acceptors (Lipinski definition) is 4. The van der Waals surface area contributed by atoms with Crippen molar-refractivity contribution in [1.82, 2.24) is 5.32 Å². The van der Waals surface area contributed by atoms with Gasteiger partial charge in [-0.3, -0.25) is 9.59 Å². The highest BCUT2D eigenvalue weighted by Gasteiger charge is 2.28. The van der Waals surface area contributed by atoms with Crippen LogP contribution in [0.25, 0.3) is 0 Å². The van der Waals surface area contributed by atoms with Crippen LogP contribution in [0, 0.1) is 0 Å². The predicted molar refractivity (Wildman–Crippen MR) is 90.4 cm³/mol. The van der Waals surface area contributed by atoms with E-state index in [2.05, 4.69) is 24.5 Å². The molecule has 0 fully saturated rings. The molecule has 0 bridgehead atoms. The topological polar surface area (TPSA) is 91.6 Å². The summed E-state index contributed by atoms with van der Waals surface area (Å²) >= 11 is 0. The molecular weight excluding hydrogens is 308 g/mol. The fourth-order valence-electron chi connectivity index (χ4n) is 2.14. The van der Waals surface area contributed by atoms with E-state index in [1.165, 1.54) is 13.2 Å².